The van der Waals surface area contributed by atoms with E-state index < -0.39 is 0 Å². The molecule has 1 rings (SSSR count). The van der Waals surface area contributed by atoms with E-state index in [9.17, 15) is 4.79 Å². The summed E-state index contributed by atoms with van der Waals surface area (Å²) in [4.78, 5) is 11.5. The quantitative estimate of drug-likeness (QED) is 0.750. The predicted molar refractivity (Wildman–Crippen MR) is 63.8 cm³/mol. The maximum Gasteiger partial charge on any atom is 0.226 e. The number of amides is 1. The van der Waals surface area contributed by atoms with Crippen LogP contribution in [-0.4, -0.2) is 12.5 Å². The van der Waals surface area contributed by atoms with E-state index in [0.717, 1.165) is 13.1 Å². The number of aryl methyl sites for hydroxylation is 2. The van der Waals surface area contributed by atoms with Gasteiger partial charge < -0.3 is 5.32 Å². The monoisotopic (exact) mass is 221 g/mol. The smallest absolute Gasteiger partial charge is 0.226 e. The summed E-state index contributed by atoms with van der Waals surface area (Å²) in [7, 11) is 0. The number of nitrogens with one attached hydrogen (secondary N) is 1. The van der Waals surface area contributed by atoms with Gasteiger partial charge in [-0.25, -0.2) is 4.57 Å². The van der Waals surface area contributed by atoms with Gasteiger partial charge >= 0.3 is 0 Å². The van der Waals surface area contributed by atoms with Gasteiger partial charge in [0.1, 0.15) is 0 Å². The molecular formula is C13H21N2O+. The van der Waals surface area contributed by atoms with Crippen LogP contribution < -0.4 is 9.88 Å². The summed E-state index contributed by atoms with van der Waals surface area (Å²) in [5.74, 6) is 0.637. The zero-order valence-electron chi connectivity index (χ0n) is 10.4. The average molecular weight is 221 g/mol. The lowest BCUT2D eigenvalue weighted by Crippen LogP contribution is -2.37. The number of carbonyl (C=O) groups excluding carboxylic acids is 1. The maximum atomic E-state index is 11.5. The molecule has 0 aliphatic rings. The standard InChI is InChI=1S/C13H20N2O/c1-11(2)10-14-13(16)6-9-15-7-4-12(3)5-8-15/h4-5,7-8,11H,6,9-10H2,1-3H3/p+1. The van der Waals surface area contributed by atoms with E-state index in [1.54, 1.807) is 0 Å². The number of hydrogen-bond acceptors (Lipinski definition) is 1. The minimum absolute atomic E-state index is 0.127. The van der Waals surface area contributed by atoms with Crippen molar-refractivity contribution < 1.29 is 9.36 Å². The molecule has 0 aliphatic carbocycles. The zero-order chi connectivity index (χ0) is 12.0. The minimum atomic E-state index is 0.127. The van der Waals surface area contributed by atoms with E-state index in [-0.39, 0.29) is 5.91 Å². The Labute approximate surface area is 97.5 Å². The van der Waals surface area contributed by atoms with Crippen LogP contribution in [0.15, 0.2) is 24.5 Å². The summed E-state index contributed by atoms with van der Waals surface area (Å²) in [5, 5.41) is 2.91. The molecular weight excluding hydrogens is 200 g/mol. The number of pyridine rings is 1. The van der Waals surface area contributed by atoms with Gasteiger partial charge in [0.15, 0.2) is 18.9 Å². The number of nitrogens with zero attached hydrogens (tertiary/aromatic N) is 1. The van der Waals surface area contributed by atoms with Crippen molar-refractivity contribution in [2.24, 2.45) is 5.92 Å². The molecule has 0 aromatic carbocycles. The van der Waals surface area contributed by atoms with Crippen LogP contribution in [0.1, 0.15) is 25.8 Å². The van der Waals surface area contributed by atoms with Gasteiger partial charge in [0.05, 0.1) is 6.42 Å². The van der Waals surface area contributed by atoms with Crippen LogP contribution >= 0.6 is 0 Å². The summed E-state index contributed by atoms with van der Waals surface area (Å²) >= 11 is 0. The molecule has 1 heterocycles. The van der Waals surface area contributed by atoms with Crippen molar-refractivity contribution in [3.63, 3.8) is 0 Å². The molecule has 3 heteroatoms. The molecule has 0 saturated heterocycles. The molecule has 1 aromatic heterocycles. The highest BCUT2D eigenvalue weighted by Crippen LogP contribution is 1.91. The van der Waals surface area contributed by atoms with Crippen LogP contribution in [0.5, 0.6) is 0 Å². The van der Waals surface area contributed by atoms with Gasteiger partial charge in [-0.3, -0.25) is 4.79 Å². The largest absolute Gasteiger partial charge is 0.356 e. The maximum absolute atomic E-state index is 11.5. The summed E-state index contributed by atoms with van der Waals surface area (Å²) < 4.78 is 2.03. The van der Waals surface area contributed by atoms with Crippen LogP contribution in [0.3, 0.4) is 0 Å². The van der Waals surface area contributed by atoms with Crippen LogP contribution in [0.25, 0.3) is 0 Å². The third-order valence-electron chi connectivity index (χ3n) is 2.36. The van der Waals surface area contributed by atoms with Crippen molar-refractivity contribution in [3.05, 3.63) is 30.1 Å². The van der Waals surface area contributed by atoms with E-state index >= 15 is 0 Å². The van der Waals surface area contributed by atoms with Crippen LogP contribution in [0.2, 0.25) is 0 Å². The lowest BCUT2D eigenvalue weighted by molar-refractivity contribution is -0.695. The van der Waals surface area contributed by atoms with Crippen LogP contribution in [0.4, 0.5) is 0 Å². The van der Waals surface area contributed by atoms with E-state index in [0.29, 0.717) is 12.3 Å². The predicted octanol–water partition coefficient (Wildman–Crippen LogP) is 1.44. The van der Waals surface area contributed by atoms with Crippen LogP contribution in [-0.2, 0) is 11.3 Å². The third-order valence-corrected chi connectivity index (χ3v) is 2.36. The second-order valence-corrected chi connectivity index (χ2v) is 4.56. The first kappa shape index (κ1) is 12.7. The van der Waals surface area contributed by atoms with E-state index in [2.05, 4.69) is 26.1 Å². The average Bonchev–Trinajstić information content (AvgIpc) is 2.25. The lowest BCUT2D eigenvalue weighted by Gasteiger charge is -2.06. The minimum Gasteiger partial charge on any atom is -0.356 e. The van der Waals surface area contributed by atoms with Gasteiger partial charge in [0.25, 0.3) is 0 Å². The molecule has 1 N–H and O–H groups in total. The molecule has 0 fully saturated rings. The van der Waals surface area contributed by atoms with Crippen molar-refractivity contribution >= 4 is 5.91 Å². The van der Waals surface area contributed by atoms with Crippen molar-refractivity contribution in [2.45, 2.75) is 33.7 Å². The molecule has 0 saturated carbocycles. The molecule has 1 amide bonds. The van der Waals surface area contributed by atoms with Crippen molar-refractivity contribution in [3.8, 4) is 0 Å². The van der Waals surface area contributed by atoms with Gasteiger partial charge in [-0.1, -0.05) is 13.8 Å². The number of hydrogen-bond donors (Lipinski definition) is 1. The topological polar surface area (TPSA) is 33.0 Å². The molecule has 0 unspecified atom stereocenters. The SMILES string of the molecule is Cc1cc[n+](CCC(=O)NCC(C)C)cc1. The van der Waals surface area contributed by atoms with E-state index in [4.69, 9.17) is 0 Å². The molecule has 0 aliphatic heterocycles. The Morgan fingerprint density at radius 2 is 2.00 bits per heavy atom. The van der Waals surface area contributed by atoms with Crippen molar-refractivity contribution in [1.82, 2.24) is 5.32 Å². The highest BCUT2D eigenvalue weighted by molar-refractivity contribution is 5.75. The second kappa shape index (κ2) is 6.26. The number of rotatable bonds is 5. The molecule has 3 nitrogen and oxygen atoms in total. The molecule has 0 radical (unpaired) electrons. The van der Waals surface area contributed by atoms with Gasteiger partial charge in [0.2, 0.25) is 5.91 Å². The molecule has 0 spiro atoms. The highest BCUT2D eigenvalue weighted by Gasteiger charge is 2.06. The Balaban J connectivity index is 2.29. The second-order valence-electron chi connectivity index (χ2n) is 4.56. The van der Waals surface area contributed by atoms with Crippen molar-refractivity contribution in [2.75, 3.05) is 6.54 Å². The lowest BCUT2D eigenvalue weighted by atomic mass is 10.2. The first-order valence-corrected chi connectivity index (χ1v) is 5.80. The Hall–Kier alpha value is -1.38. The van der Waals surface area contributed by atoms with Gasteiger partial charge in [0, 0.05) is 18.7 Å². The summed E-state index contributed by atoms with van der Waals surface area (Å²) in [6.45, 7) is 7.74. The fourth-order valence-electron chi connectivity index (χ4n) is 1.32. The number of aromatic nitrogens is 1. The summed E-state index contributed by atoms with van der Waals surface area (Å²) in [6.07, 6.45) is 4.55. The van der Waals surface area contributed by atoms with Crippen LogP contribution in [0, 0.1) is 12.8 Å². The Morgan fingerprint density at radius 3 is 2.56 bits per heavy atom. The van der Waals surface area contributed by atoms with E-state index in [1.165, 1.54) is 5.56 Å². The zero-order valence-corrected chi connectivity index (χ0v) is 10.4. The fraction of sp³-hybridized carbons (Fsp3) is 0.538. The fourth-order valence-corrected chi connectivity index (χ4v) is 1.32. The molecule has 0 atom stereocenters. The Morgan fingerprint density at radius 1 is 1.38 bits per heavy atom. The molecule has 16 heavy (non-hydrogen) atoms. The molecule has 1 aromatic rings. The Kier molecular flexibility index (Phi) is 4.96. The summed E-state index contributed by atoms with van der Waals surface area (Å²) in [5.41, 5.74) is 1.24. The highest BCUT2D eigenvalue weighted by atomic mass is 16.1. The van der Waals surface area contributed by atoms with E-state index in [1.807, 2.05) is 29.1 Å². The van der Waals surface area contributed by atoms with Gasteiger partial charge in [-0.15, -0.1) is 0 Å². The number of carbonyl (C=O) groups is 1. The molecule has 0 bridgehead atoms. The van der Waals surface area contributed by atoms with Crippen molar-refractivity contribution in [1.29, 1.82) is 0 Å². The van der Waals surface area contributed by atoms with Gasteiger partial charge in [-0.05, 0) is 18.4 Å². The van der Waals surface area contributed by atoms with Gasteiger partial charge in [-0.2, -0.15) is 0 Å². The first-order chi connectivity index (χ1) is 7.58. The first-order valence-electron chi connectivity index (χ1n) is 5.80. The molecule has 88 valence electrons. The normalized spacial score (nSPS) is 10.5. The summed E-state index contributed by atoms with van der Waals surface area (Å²) in [6, 6.07) is 4.10. The Bertz CT molecular complexity index is 330. The third kappa shape index (κ3) is 4.91.